The van der Waals surface area contributed by atoms with E-state index >= 15 is 0 Å². The summed E-state index contributed by atoms with van der Waals surface area (Å²) in [5.41, 5.74) is 5.51. The largest absolute Gasteiger partial charge is 0.409 e. The van der Waals surface area contributed by atoms with Gasteiger partial charge in [-0.1, -0.05) is 12.1 Å². The Hall–Kier alpha value is -0.810. The van der Waals surface area contributed by atoms with Crippen molar-refractivity contribution in [3.05, 3.63) is 0 Å². The number of hydrogen-bond donors (Lipinski definition) is 2. The minimum atomic E-state index is 0.0746. The molecule has 0 radical (unpaired) electrons. The molecule has 0 aromatic carbocycles. The fourth-order valence-corrected chi connectivity index (χ4v) is 1.64. The zero-order chi connectivity index (χ0) is 10.6. The van der Waals surface area contributed by atoms with Crippen molar-refractivity contribution >= 4 is 5.84 Å². The molecule has 1 saturated heterocycles. The summed E-state index contributed by atoms with van der Waals surface area (Å²) in [6.07, 6.45) is 1.07. The van der Waals surface area contributed by atoms with Gasteiger partial charge in [0.15, 0.2) is 0 Å². The van der Waals surface area contributed by atoms with Gasteiger partial charge in [-0.15, -0.1) is 0 Å². The SMILES string of the molecule is CC(CN(C)C1CCOC1)C(N)=NO. The number of nitrogens with two attached hydrogens (primary N) is 1. The molecule has 1 heterocycles. The standard InChI is InChI=1S/C9H19N3O2/c1-7(9(10)11-13)5-12(2)8-3-4-14-6-8/h7-8,13H,3-6H2,1-2H3,(H2,10,11). The lowest BCUT2D eigenvalue weighted by molar-refractivity contribution is 0.155. The number of ether oxygens (including phenoxy) is 1. The van der Waals surface area contributed by atoms with Crippen molar-refractivity contribution in [3.63, 3.8) is 0 Å². The Labute approximate surface area is 84.5 Å². The highest BCUT2D eigenvalue weighted by atomic mass is 16.5. The van der Waals surface area contributed by atoms with E-state index < -0.39 is 0 Å². The summed E-state index contributed by atoms with van der Waals surface area (Å²) >= 11 is 0. The van der Waals surface area contributed by atoms with Crippen LogP contribution in [0.4, 0.5) is 0 Å². The second-order valence-electron chi connectivity index (χ2n) is 3.88. The third kappa shape index (κ3) is 2.85. The van der Waals surface area contributed by atoms with Gasteiger partial charge >= 0.3 is 0 Å². The van der Waals surface area contributed by atoms with E-state index in [0.29, 0.717) is 6.04 Å². The highest BCUT2D eigenvalue weighted by Gasteiger charge is 2.22. The molecule has 1 aliphatic rings. The molecule has 0 bridgehead atoms. The first-order valence-electron chi connectivity index (χ1n) is 4.90. The third-order valence-corrected chi connectivity index (χ3v) is 2.71. The van der Waals surface area contributed by atoms with Crippen LogP contribution in [0.3, 0.4) is 0 Å². The van der Waals surface area contributed by atoms with Crippen LogP contribution in [0, 0.1) is 5.92 Å². The maximum atomic E-state index is 8.50. The summed E-state index contributed by atoms with van der Waals surface area (Å²) in [6, 6.07) is 0.476. The summed E-state index contributed by atoms with van der Waals surface area (Å²) < 4.78 is 5.29. The van der Waals surface area contributed by atoms with Gasteiger partial charge in [0.05, 0.1) is 6.61 Å². The van der Waals surface area contributed by atoms with Gasteiger partial charge in [-0.3, -0.25) is 0 Å². The summed E-state index contributed by atoms with van der Waals surface area (Å²) in [5.74, 6) is 0.362. The first-order valence-corrected chi connectivity index (χ1v) is 4.90. The van der Waals surface area contributed by atoms with Crippen LogP contribution in [-0.2, 0) is 4.74 Å². The molecule has 0 saturated carbocycles. The van der Waals surface area contributed by atoms with Crippen molar-refractivity contribution in [2.24, 2.45) is 16.8 Å². The Bertz CT molecular complexity index is 202. The van der Waals surface area contributed by atoms with Crippen LogP contribution in [0.1, 0.15) is 13.3 Å². The average Bonchev–Trinajstić information content (AvgIpc) is 2.69. The molecule has 14 heavy (non-hydrogen) atoms. The predicted octanol–water partition coefficient (Wildman–Crippen LogP) is 0.0896. The zero-order valence-electron chi connectivity index (χ0n) is 8.81. The lowest BCUT2D eigenvalue weighted by atomic mass is 10.1. The third-order valence-electron chi connectivity index (χ3n) is 2.71. The summed E-state index contributed by atoms with van der Waals surface area (Å²) in [5, 5.41) is 11.5. The maximum absolute atomic E-state index is 8.50. The van der Waals surface area contributed by atoms with Gasteiger partial charge in [0.2, 0.25) is 0 Å². The molecule has 0 spiro atoms. The van der Waals surface area contributed by atoms with Gasteiger partial charge in [0.1, 0.15) is 5.84 Å². The normalized spacial score (nSPS) is 25.6. The second kappa shape index (κ2) is 5.17. The van der Waals surface area contributed by atoms with E-state index in [1.165, 1.54) is 0 Å². The van der Waals surface area contributed by atoms with Gasteiger partial charge in [-0.25, -0.2) is 0 Å². The van der Waals surface area contributed by atoms with Crippen LogP contribution in [0.25, 0.3) is 0 Å². The number of hydrogen-bond acceptors (Lipinski definition) is 4. The fourth-order valence-electron chi connectivity index (χ4n) is 1.64. The summed E-state index contributed by atoms with van der Waals surface area (Å²) in [6.45, 7) is 4.37. The van der Waals surface area contributed by atoms with Gasteiger partial charge in [-0.05, 0) is 13.5 Å². The molecular weight excluding hydrogens is 182 g/mol. The molecule has 5 heteroatoms. The van der Waals surface area contributed by atoms with E-state index in [-0.39, 0.29) is 11.8 Å². The molecule has 2 unspecified atom stereocenters. The van der Waals surface area contributed by atoms with Crippen LogP contribution >= 0.6 is 0 Å². The van der Waals surface area contributed by atoms with Crippen molar-refractivity contribution in [3.8, 4) is 0 Å². The number of amidine groups is 1. The molecule has 3 N–H and O–H groups in total. The minimum Gasteiger partial charge on any atom is -0.409 e. The van der Waals surface area contributed by atoms with E-state index in [1.54, 1.807) is 0 Å². The second-order valence-corrected chi connectivity index (χ2v) is 3.88. The highest BCUT2D eigenvalue weighted by molar-refractivity contribution is 5.82. The van der Waals surface area contributed by atoms with Crippen LogP contribution in [0.15, 0.2) is 5.16 Å². The van der Waals surface area contributed by atoms with Crippen LogP contribution in [0.5, 0.6) is 0 Å². The molecular formula is C9H19N3O2. The van der Waals surface area contributed by atoms with Crippen LogP contribution < -0.4 is 5.73 Å². The van der Waals surface area contributed by atoms with E-state index in [4.69, 9.17) is 15.7 Å². The minimum absolute atomic E-state index is 0.0746. The highest BCUT2D eigenvalue weighted by Crippen LogP contribution is 2.12. The Kier molecular flexibility index (Phi) is 4.16. The van der Waals surface area contributed by atoms with E-state index in [1.807, 2.05) is 14.0 Å². The smallest absolute Gasteiger partial charge is 0.143 e. The van der Waals surface area contributed by atoms with Crippen molar-refractivity contribution in [1.29, 1.82) is 0 Å². The first-order chi connectivity index (χ1) is 6.65. The van der Waals surface area contributed by atoms with Crippen LogP contribution in [-0.4, -0.2) is 48.8 Å². The van der Waals surface area contributed by atoms with Crippen molar-refractivity contribution in [2.75, 3.05) is 26.8 Å². The Morgan fingerprint density at radius 3 is 3.00 bits per heavy atom. The number of likely N-dealkylation sites (N-methyl/N-ethyl adjacent to an activating group) is 1. The van der Waals surface area contributed by atoms with Gasteiger partial charge < -0.3 is 20.6 Å². The summed E-state index contributed by atoms with van der Waals surface area (Å²) in [4.78, 5) is 2.20. The molecule has 1 aliphatic heterocycles. The van der Waals surface area contributed by atoms with E-state index in [2.05, 4.69) is 10.1 Å². The molecule has 0 aromatic heterocycles. The number of rotatable bonds is 4. The first kappa shape index (κ1) is 11.3. The lowest BCUT2D eigenvalue weighted by Gasteiger charge is -2.25. The molecule has 5 nitrogen and oxygen atoms in total. The number of oxime groups is 1. The molecule has 82 valence electrons. The molecule has 0 aliphatic carbocycles. The van der Waals surface area contributed by atoms with E-state index in [9.17, 15) is 0 Å². The Morgan fingerprint density at radius 1 is 1.79 bits per heavy atom. The molecule has 0 amide bonds. The molecule has 0 aromatic rings. The molecule has 2 atom stereocenters. The van der Waals surface area contributed by atoms with Gasteiger partial charge in [0.25, 0.3) is 0 Å². The molecule has 1 fully saturated rings. The van der Waals surface area contributed by atoms with Crippen molar-refractivity contribution in [1.82, 2.24) is 4.90 Å². The quantitative estimate of drug-likeness (QED) is 0.293. The fraction of sp³-hybridized carbons (Fsp3) is 0.889. The van der Waals surface area contributed by atoms with Gasteiger partial charge in [-0.2, -0.15) is 0 Å². The lowest BCUT2D eigenvalue weighted by Crippen LogP contribution is -2.39. The summed E-state index contributed by atoms with van der Waals surface area (Å²) in [7, 11) is 2.04. The Balaban J connectivity index is 2.35. The number of nitrogens with zero attached hydrogens (tertiary/aromatic N) is 2. The topological polar surface area (TPSA) is 71.1 Å². The Morgan fingerprint density at radius 2 is 2.50 bits per heavy atom. The van der Waals surface area contributed by atoms with Crippen molar-refractivity contribution < 1.29 is 9.94 Å². The average molecular weight is 201 g/mol. The monoisotopic (exact) mass is 201 g/mol. The van der Waals surface area contributed by atoms with Crippen molar-refractivity contribution in [2.45, 2.75) is 19.4 Å². The van der Waals surface area contributed by atoms with E-state index in [0.717, 1.165) is 26.2 Å². The maximum Gasteiger partial charge on any atom is 0.143 e. The van der Waals surface area contributed by atoms with Crippen LogP contribution in [0.2, 0.25) is 0 Å². The molecule has 1 rings (SSSR count). The zero-order valence-corrected chi connectivity index (χ0v) is 8.81. The van der Waals surface area contributed by atoms with Gasteiger partial charge in [0, 0.05) is 25.1 Å². The predicted molar refractivity (Wildman–Crippen MR) is 54.4 cm³/mol.